The first-order valence-electron chi connectivity index (χ1n) is 6.92. The number of hydrogen-bond donors (Lipinski definition) is 2. The molecular weight excluding hydrogens is 240 g/mol. The van der Waals surface area contributed by atoms with Crippen molar-refractivity contribution in [2.24, 2.45) is 5.92 Å². The standard InChI is InChI=1S/C15H22N2O2/c16-14-4-1-12(2-5-14)3-6-15(19)17-9-7-13(11-18)8-10-17/h1-2,4-5,13,18H,3,6-11,16H2. The van der Waals surface area contributed by atoms with Gasteiger partial charge in [0.15, 0.2) is 0 Å². The lowest BCUT2D eigenvalue weighted by atomic mass is 9.97. The van der Waals surface area contributed by atoms with Crippen LogP contribution in [0, 0.1) is 5.92 Å². The average molecular weight is 262 g/mol. The van der Waals surface area contributed by atoms with Crippen LogP contribution >= 0.6 is 0 Å². The molecule has 19 heavy (non-hydrogen) atoms. The predicted molar refractivity (Wildman–Crippen MR) is 75.6 cm³/mol. The fraction of sp³-hybridized carbons (Fsp3) is 0.533. The van der Waals surface area contributed by atoms with E-state index in [0.717, 1.165) is 43.6 Å². The number of piperidine rings is 1. The average Bonchev–Trinajstić information content (AvgIpc) is 2.46. The highest BCUT2D eigenvalue weighted by molar-refractivity contribution is 5.76. The molecule has 2 rings (SSSR count). The molecule has 0 radical (unpaired) electrons. The van der Waals surface area contributed by atoms with E-state index in [2.05, 4.69) is 0 Å². The topological polar surface area (TPSA) is 66.6 Å². The van der Waals surface area contributed by atoms with Crippen molar-refractivity contribution in [3.8, 4) is 0 Å². The van der Waals surface area contributed by atoms with Gasteiger partial charge in [0.25, 0.3) is 0 Å². The Kier molecular flexibility index (Phi) is 4.80. The lowest BCUT2D eigenvalue weighted by Gasteiger charge is -2.31. The van der Waals surface area contributed by atoms with Crippen LogP contribution < -0.4 is 5.73 Å². The summed E-state index contributed by atoms with van der Waals surface area (Å²) in [7, 11) is 0. The third kappa shape index (κ3) is 3.96. The zero-order chi connectivity index (χ0) is 13.7. The normalized spacial score (nSPS) is 16.6. The Morgan fingerprint density at radius 3 is 2.47 bits per heavy atom. The Balaban J connectivity index is 1.77. The van der Waals surface area contributed by atoms with Gasteiger partial charge >= 0.3 is 0 Å². The van der Waals surface area contributed by atoms with Crippen LogP contribution in [-0.4, -0.2) is 35.6 Å². The van der Waals surface area contributed by atoms with Crippen LogP contribution in [0.25, 0.3) is 0 Å². The number of amides is 1. The number of nitrogens with zero attached hydrogens (tertiary/aromatic N) is 1. The van der Waals surface area contributed by atoms with Crippen molar-refractivity contribution in [2.75, 3.05) is 25.4 Å². The highest BCUT2D eigenvalue weighted by Crippen LogP contribution is 2.17. The number of benzene rings is 1. The number of nitrogen functional groups attached to an aromatic ring is 1. The number of rotatable bonds is 4. The van der Waals surface area contributed by atoms with Crippen LogP contribution in [0.3, 0.4) is 0 Å². The van der Waals surface area contributed by atoms with E-state index in [9.17, 15) is 4.79 Å². The van der Waals surface area contributed by atoms with Crippen molar-refractivity contribution in [2.45, 2.75) is 25.7 Å². The molecule has 0 aromatic heterocycles. The predicted octanol–water partition coefficient (Wildman–Crippen LogP) is 1.43. The van der Waals surface area contributed by atoms with Gasteiger partial charge in [0.1, 0.15) is 0 Å². The number of carbonyl (C=O) groups excluding carboxylic acids is 1. The smallest absolute Gasteiger partial charge is 0.222 e. The summed E-state index contributed by atoms with van der Waals surface area (Å²) in [6, 6.07) is 7.68. The number of nitrogens with two attached hydrogens (primary N) is 1. The summed E-state index contributed by atoms with van der Waals surface area (Å²) in [6.45, 7) is 1.81. The first kappa shape index (κ1) is 13.9. The van der Waals surface area contributed by atoms with Gasteiger partial charge in [-0.2, -0.15) is 0 Å². The van der Waals surface area contributed by atoms with E-state index in [-0.39, 0.29) is 12.5 Å². The second kappa shape index (κ2) is 6.57. The quantitative estimate of drug-likeness (QED) is 0.807. The maximum Gasteiger partial charge on any atom is 0.222 e. The van der Waals surface area contributed by atoms with Crippen molar-refractivity contribution in [3.05, 3.63) is 29.8 Å². The fourth-order valence-electron chi connectivity index (χ4n) is 2.46. The van der Waals surface area contributed by atoms with Crippen molar-refractivity contribution in [1.29, 1.82) is 0 Å². The molecule has 0 spiro atoms. The molecule has 104 valence electrons. The van der Waals surface area contributed by atoms with Gasteiger partial charge in [-0.05, 0) is 42.9 Å². The molecule has 1 heterocycles. The molecule has 0 atom stereocenters. The summed E-state index contributed by atoms with van der Waals surface area (Å²) in [6.07, 6.45) is 3.15. The van der Waals surface area contributed by atoms with Gasteiger partial charge in [-0.25, -0.2) is 0 Å². The summed E-state index contributed by atoms with van der Waals surface area (Å²) in [5, 5.41) is 9.08. The number of anilines is 1. The molecular formula is C15H22N2O2. The van der Waals surface area contributed by atoms with Gasteiger partial charge in [-0.1, -0.05) is 12.1 Å². The van der Waals surface area contributed by atoms with E-state index in [1.807, 2.05) is 29.2 Å². The van der Waals surface area contributed by atoms with Crippen molar-refractivity contribution >= 4 is 11.6 Å². The minimum absolute atomic E-state index is 0.216. The number of aliphatic hydroxyl groups excluding tert-OH is 1. The summed E-state index contributed by atoms with van der Waals surface area (Å²) >= 11 is 0. The Labute approximate surface area is 114 Å². The highest BCUT2D eigenvalue weighted by atomic mass is 16.3. The molecule has 1 fully saturated rings. The van der Waals surface area contributed by atoms with Gasteiger partial charge in [0, 0.05) is 31.8 Å². The lowest BCUT2D eigenvalue weighted by molar-refractivity contribution is -0.132. The molecule has 0 bridgehead atoms. The Morgan fingerprint density at radius 2 is 1.89 bits per heavy atom. The summed E-state index contributed by atoms with van der Waals surface area (Å²) in [4.78, 5) is 14.0. The highest BCUT2D eigenvalue weighted by Gasteiger charge is 2.21. The second-order valence-corrected chi connectivity index (χ2v) is 5.25. The molecule has 4 heteroatoms. The molecule has 1 aromatic carbocycles. The molecule has 0 aliphatic carbocycles. The number of aryl methyl sites for hydroxylation is 1. The van der Waals surface area contributed by atoms with E-state index in [1.165, 1.54) is 0 Å². The van der Waals surface area contributed by atoms with E-state index < -0.39 is 0 Å². The Hall–Kier alpha value is -1.55. The van der Waals surface area contributed by atoms with E-state index >= 15 is 0 Å². The lowest BCUT2D eigenvalue weighted by Crippen LogP contribution is -2.39. The minimum atomic E-state index is 0.216. The van der Waals surface area contributed by atoms with Crippen LogP contribution in [-0.2, 0) is 11.2 Å². The van der Waals surface area contributed by atoms with Gasteiger partial charge in [-0.3, -0.25) is 4.79 Å². The molecule has 3 N–H and O–H groups in total. The molecule has 1 aromatic rings. The van der Waals surface area contributed by atoms with Crippen molar-refractivity contribution in [1.82, 2.24) is 4.90 Å². The Morgan fingerprint density at radius 1 is 1.26 bits per heavy atom. The van der Waals surface area contributed by atoms with Crippen LogP contribution in [0.15, 0.2) is 24.3 Å². The zero-order valence-electron chi connectivity index (χ0n) is 11.2. The molecule has 0 unspecified atom stereocenters. The maximum atomic E-state index is 12.1. The Bertz CT molecular complexity index is 409. The van der Waals surface area contributed by atoms with Gasteiger partial charge in [0.05, 0.1) is 0 Å². The van der Waals surface area contributed by atoms with E-state index in [4.69, 9.17) is 10.8 Å². The number of hydrogen-bond acceptors (Lipinski definition) is 3. The van der Waals surface area contributed by atoms with Crippen molar-refractivity contribution < 1.29 is 9.90 Å². The summed E-state index contributed by atoms with van der Waals surface area (Å²) in [5.41, 5.74) is 7.53. The third-order valence-corrected chi connectivity index (χ3v) is 3.83. The largest absolute Gasteiger partial charge is 0.399 e. The number of aliphatic hydroxyl groups is 1. The number of likely N-dealkylation sites (tertiary alicyclic amines) is 1. The molecule has 0 saturated carbocycles. The van der Waals surface area contributed by atoms with Crippen LogP contribution in [0.5, 0.6) is 0 Å². The monoisotopic (exact) mass is 262 g/mol. The van der Waals surface area contributed by atoms with Gasteiger partial charge in [0.2, 0.25) is 5.91 Å². The van der Waals surface area contributed by atoms with Crippen LogP contribution in [0.4, 0.5) is 5.69 Å². The molecule has 4 nitrogen and oxygen atoms in total. The molecule has 1 aliphatic rings. The van der Waals surface area contributed by atoms with E-state index in [1.54, 1.807) is 0 Å². The van der Waals surface area contributed by atoms with Crippen molar-refractivity contribution in [3.63, 3.8) is 0 Å². The van der Waals surface area contributed by atoms with Gasteiger partial charge < -0.3 is 15.7 Å². The van der Waals surface area contributed by atoms with Gasteiger partial charge in [-0.15, -0.1) is 0 Å². The van der Waals surface area contributed by atoms with Crippen LogP contribution in [0.2, 0.25) is 0 Å². The summed E-state index contributed by atoms with van der Waals surface area (Å²) in [5.74, 6) is 0.592. The SMILES string of the molecule is Nc1ccc(CCC(=O)N2CCC(CO)CC2)cc1. The zero-order valence-corrected chi connectivity index (χ0v) is 11.2. The van der Waals surface area contributed by atoms with Crippen LogP contribution in [0.1, 0.15) is 24.8 Å². The minimum Gasteiger partial charge on any atom is -0.399 e. The van der Waals surface area contributed by atoms with E-state index in [0.29, 0.717) is 12.3 Å². The maximum absolute atomic E-state index is 12.1. The second-order valence-electron chi connectivity index (χ2n) is 5.25. The third-order valence-electron chi connectivity index (χ3n) is 3.83. The number of carbonyl (C=O) groups is 1. The first-order valence-corrected chi connectivity index (χ1v) is 6.92. The molecule has 1 aliphatic heterocycles. The first-order chi connectivity index (χ1) is 9.19. The summed E-state index contributed by atoms with van der Waals surface area (Å²) < 4.78 is 0. The fourth-order valence-corrected chi connectivity index (χ4v) is 2.46. The molecule has 1 saturated heterocycles. The molecule has 1 amide bonds.